The fourth-order valence-electron chi connectivity index (χ4n) is 2.78. The number of thiophene rings is 1. The maximum Gasteiger partial charge on any atom is 0.348 e. The molecule has 0 saturated carbocycles. The normalized spacial score (nSPS) is 20.6. The summed E-state index contributed by atoms with van der Waals surface area (Å²) in [6.07, 6.45) is 1.03. The fourth-order valence-corrected chi connectivity index (χ4v) is 3.58. The lowest BCUT2D eigenvalue weighted by Crippen LogP contribution is -2.40. The van der Waals surface area contributed by atoms with Crippen molar-refractivity contribution in [3.63, 3.8) is 0 Å². The molecule has 2 aromatic rings. The molecule has 0 fully saturated rings. The van der Waals surface area contributed by atoms with Gasteiger partial charge in [0, 0.05) is 0 Å². The van der Waals surface area contributed by atoms with E-state index in [4.69, 9.17) is 9.47 Å². The van der Waals surface area contributed by atoms with Crippen molar-refractivity contribution >= 4 is 35.1 Å². The maximum absolute atomic E-state index is 12.6. The molecule has 2 N–H and O–H groups in total. The number of ether oxygens (including phenoxy) is 2. The smallest absolute Gasteiger partial charge is 0.348 e. The molecular weight excluding hydrogens is 422 g/mol. The molecule has 2 atom stereocenters. The molecular formula is C21H23N3O6S. The number of esters is 2. The van der Waals surface area contributed by atoms with Crippen LogP contribution in [0.15, 0.2) is 30.3 Å². The van der Waals surface area contributed by atoms with Gasteiger partial charge in [0.05, 0.1) is 12.1 Å². The summed E-state index contributed by atoms with van der Waals surface area (Å²) < 4.78 is 10.6. The Morgan fingerprint density at radius 3 is 1.71 bits per heavy atom. The number of pyridine rings is 1. The van der Waals surface area contributed by atoms with Crippen LogP contribution in [0.25, 0.3) is 0 Å². The summed E-state index contributed by atoms with van der Waals surface area (Å²) in [4.78, 5) is 54.5. The molecule has 0 saturated heterocycles. The summed E-state index contributed by atoms with van der Waals surface area (Å²) >= 11 is 0.964. The van der Waals surface area contributed by atoms with Crippen LogP contribution in [0.3, 0.4) is 0 Å². The maximum atomic E-state index is 12.6. The van der Waals surface area contributed by atoms with Crippen molar-refractivity contribution < 1.29 is 28.7 Å². The molecule has 0 spiro atoms. The van der Waals surface area contributed by atoms with Crippen LogP contribution >= 0.6 is 11.3 Å². The second-order valence-corrected chi connectivity index (χ2v) is 8.01. The minimum Gasteiger partial charge on any atom is -0.459 e. The number of nitrogens with zero attached hydrogens (tertiary/aromatic N) is 1. The lowest BCUT2D eigenvalue weighted by Gasteiger charge is -2.18. The van der Waals surface area contributed by atoms with Crippen LogP contribution in [0.2, 0.25) is 0 Å². The van der Waals surface area contributed by atoms with E-state index in [0.717, 1.165) is 11.3 Å². The zero-order valence-electron chi connectivity index (χ0n) is 17.2. The first-order valence-electron chi connectivity index (χ1n) is 9.94. The molecule has 1 aliphatic rings. The summed E-state index contributed by atoms with van der Waals surface area (Å²) in [7, 11) is 0. The number of nitrogens with one attached hydrogen (secondary N) is 2. The van der Waals surface area contributed by atoms with E-state index in [9.17, 15) is 19.2 Å². The number of hydrogen-bond acceptors (Lipinski definition) is 8. The predicted molar refractivity (Wildman–Crippen MR) is 112 cm³/mol. The summed E-state index contributed by atoms with van der Waals surface area (Å²) in [6.45, 7) is 3.59. The van der Waals surface area contributed by atoms with Crippen LogP contribution in [0, 0.1) is 0 Å². The topological polar surface area (TPSA) is 124 Å². The van der Waals surface area contributed by atoms with Gasteiger partial charge >= 0.3 is 11.9 Å². The molecule has 0 aliphatic carbocycles. The van der Waals surface area contributed by atoms with E-state index in [1.54, 1.807) is 6.07 Å². The Morgan fingerprint density at radius 1 is 0.839 bits per heavy atom. The lowest BCUT2D eigenvalue weighted by molar-refractivity contribution is 0.0457. The molecule has 4 bridgehead atoms. The minimum atomic E-state index is -0.586. The molecule has 164 valence electrons. The first-order valence-corrected chi connectivity index (χ1v) is 10.8. The van der Waals surface area contributed by atoms with Crippen molar-refractivity contribution in [2.75, 3.05) is 13.2 Å². The van der Waals surface area contributed by atoms with E-state index in [1.165, 1.54) is 24.3 Å². The number of carbonyl (C=O) groups is 4. The van der Waals surface area contributed by atoms with E-state index < -0.39 is 35.8 Å². The lowest BCUT2D eigenvalue weighted by atomic mass is 10.2. The molecule has 3 heterocycles. The molecule has 9 nitrogen and oxygen atoms in total. The van der Waals surface area contributed by atoms with Gasteiger partial charge in [-0.2, -0.15) is 0 Å². The highest BCUT2D eigenvalue weighted by atomic mass is 32.1. The van der Waals surface area contributed by atoms with Gasteiger partial charge in [0.25, 0.3) is 11.8 Å². The van der Waals surface area contributed by atoms with Crippen LogP contribution < -0.4 is 10.6 Å². The Balaban J connectivity index is 1.88. The fraction of sp³-hybridized carbons (Fsp3) is 0.381. The van der Waals surface area contributed by atoms with Crippen LogP contribution in [0.1, 0.15) is 67.0 Å². The average molecular weight is 445 g/mol. The van der Waals surface area contributed by atoms with Crippen LogP contribution in [0.5, 0.6) is 0 Å². The van der Waals surface area contributed by atoms with Gasteiger partial charge in [-0.05, 0) is 37.1 Å². The van der Waals surface area contributed by atoms with Crippen LogP contribution in [-0.4, -0.2) is 54.0 Å². The highest BCUT2D eigenvalue weighted by Gasteiger charge is 2.22. The largest absolute Gasteiger partial charge is 0.459 e. The second-order valence-electron chi connectivity index (χ2n) is 6.93. The number of amides is 2. The first kappa shape index (κ1) is 22.4. The molecule has 10 heteroatoms. The first-order chi connectivity index (χ1) is 14.9. The minimum absolute atomic E-state index is 0.0445. The van der Waals surface area contributed by atoms with E-state index in [0.29, 0.717) is 12.8 Å². The van der Waals surface area contributed by atoms with Crippen molar-refractivity contribution in [1.82, 2.24) is 15.6 Å². The third-order valence-electron chi connectivity index (χ3n) is 4.71. The van der Waals surface area contributed by atoms with Crippen molar-refractivity contribution in [2.45, 2.75) is 38.8 Å². The summed E-state index contributed by atoms with van der Waals surface area (Å²) in [5, 5.41) is 5.52. The zero-order chi connectivity index (χ0) is 22.4. The predicted octanol–water partition coefficient (Wildman–Crippen LogP) is 2.19. The zero-order valence-corrected chi connectivity index (χ0v) is 18.0. The third kappa shape index (κ3) is 5.66. The van der Waals surface area contributed by atoms with E-state index in [1.807, 2.05) is 13.8 Å². The van der Waals surface area contributed by atoms with Crippen molar-refractivity contribution in [3.05, 3.63) is 51.5 Å². The van der Waals surface area contributed by atoms with Crippen molar-refractivity contribution in [2.24, 2.45) is 0 Å². The highest BCUT2D eigenvalue weighted by molar-refractivity contribution is 7.15. The number of rotatable bonds is 2. The molecule has 1 aliphatic heterocycles. The average Bonchev–Trinajstić information content (AvgIpc) is 3.28. The third-order valence-corrected chi connectivity index (χ3v) is 5.76. The number of fused-ring (bicyclic) bond motifs is 4. The Hall–Kier alpha value is -3.27. The number of hydrogen-bond donors (Lipinski definition) is 2. The van der Waals surface area contributed by atoms with Crippen molar-refractivity contribution in [1.29, 1.82) is 0 Å². The van der Waals surface area contributed by atoms with Gasteiger partial charge in [-0.25, -0.2) is 14.6 Å². The van der Waals surface area contributed by atoms with E-state index in [2.05, 4.69) is 15.6 Å². The number of aromatic nitrogens is 1. The van der Waals surface area contributed by atoms with Gasteiger partial charge in [0.1, 0.15) is 34.4 Å². The quantitative estimate of drug-likeness (QED) is 0.679. The van der Waals surface area contributed by atoms with E-state index >= 15 is 0 Å². The van der Waals surface area contributed by atoms with E-state index in [-0.39, 0.29) is 34.4 Å². The summed E-state index contributed by atoms with van der Waals surface area (Å²) in [5.74, 6) is -2.12. The molecule has 3 rings (SSSR count). The van der Waals surface area contributed by atoms with Crippen LogP contribution in [0.4, 0.5) is 0 Å². The Bertz CT molecular complexity index is 917. The SMILES string of the molecule is CC[C@@H]1COC(=O)c2ccc(s2)C(=O)OC[C@@H](CC)NC(=O)c2cccc(n2)C(=O)N1. The summed E-state index contributed by atoms with van der Waals surface area (Å²) in [5.41, 5.74) is 0.141. The van der Waals surface area contributed by atoms with Gasteiger partial charge in [-0.1, -0.05) is 19.9 Å². The highest BCUT2D eigenvalue weighted by Crippen LogP contribution is 2.19. The number of cyclic esters (lactones) is 2. The Morgan fingerprint density at radius 2 is 1.29 bits per heavy atom. The Kier molecular flexibility index (Phi) is 7.35. The van der Waals surface area contributed by atoms with Gasteiger partial charge in [0.15, 0.2) is 0 Å². The monoisotopic (exact) mass is 445 g/mol. The molecule has 2 aromatic heterocycles. The molecule has 0 radical (unpaired) electrons. The van der Waals surface area contributed by atoms with Crippen LogP contribution in [-0.2, 0) is 9.47 Å². The molecule has 31 heavy (non-hydrogen) atoms. The molecule has 0 unspecified atom stereocenters. The van der Waals surface area contributed by atoms with Gasteiger partial charge in [0.2, 0.25) is 0 Å². The standard InChI is InChI=1S/C21H23N3O6S/c1-3-12-10-29-20(27)16-8-9-17(31-16)21(28)30-11-13(4-2)23-19(26)15-7-5-6-14(24-15)18(25)22-12/h5-9,12-13H,3-4,10-11H2,1-2H3,(H,22,25)(H,23,26)/t12-,13-/m1/s1. The Labute approximate surface area is 183 Å². The van der Waals surface area contributed by atoms with Gasteiger partial charge < -0.3 is 20.1 Å². The van der Waals surface area contributed by atoms with Crippen molar-refractivity contribution in [3.8, 4) is 0 Å². The molecule has 2 amide bonds. The summed E-state index contributed by atoms with van der Waals surface area (Å²) in [6, 6.07) is 6.65. The van der Waals surface area contributed by atoms with Gasteiger partial charge in [-0.15, -0.1) is 11.3 Å². The molecule has 0 aromatic carbocycles. The van der Waals surface area contributed by atoms with Gasteiger partial charge in [-0.3, -0.25) is 9.59 Å². The number of carbonyl (C=O) groups excluding carboxylic acids is 4. The second kappa shape index (κ2) is 10.2.